The van der Waals surface area contributed by atoms with Gasteiger partial charge in [0, 0.05) is 5.02 Å². The molecule has 0 aliphatic carbocycles. The molecule has 2 N–H and O–H groups in total. The lowest BCUT2D eigenvalue weighted by Gasteiger charge is -2.27. The molecular formula is C20H16BrClN2O5. The van der Waals surface area contributed by atoms with Gasteiger partial charge in [-0.25, -0.2) is 9.69 Å². The van der Waals surface area contributed by atoms with E-state index in [1.807, 2.05) is 0 Å². The molecule has 2 aromatic rings. The third-order valence-electron chi connectivity index (χ3n) is 4.24. The fraction of sp³-hybridized carbons (Fsp3) is 0.150. The number of imide groups is 2. The molecule has 1 saturated heterocycles. The number of phenolic OH excluding ortho intramolecular Hbond substituents is 1. The van der Waals surface area contributed by atoms with E-state index in [9.17, 15) is 19.5 Å². The zero-order valence-electron chi connectivity index (χ0n) is 15.5. The number of urea groups is 1. The smallest absolute Gasteiger partial charge is 0.335 e. The highest BCUT2D eigenvalue weighted by Gasteiger charge is 2.37. The Labute approximate surface area is 180 Å². The number of nitrogens with one attached hydrogen (secondary N) is 1. The molecule has 0 spiro atoms. The van der Waals surface area contributed by atoms with Crippen LogP contribution in [-0.2, 0) is 9.59 Å². The molecule has 2 aromatic carbocycles. The van der Waals surface area contributed by atoms with Crippen molar-refractivity contribution in [1.82, 2.24) is 5.32 Å². The van der Waals surface area contributed by atoms with Gasteiger partial charge in [0.05, 0.1) is 16.8 Å². The van der Waals surface area contributed by atoms with Crippen LogP contribution in [0, 0.1) is 6.92 Å². The molecule has 4 amide bonds. The quantitative estimate of drug-likeness (QED) is 0.507. The van der Waals surface area contributed by atoms with E-state index in [0.717, 1.165) is 4.90 Å². The van der Waals surface area contributed by atoms with E-state index in [4.69, 9.17) is 16.3 Å². The maximum atomic E-state index is 13.0. The number of halogens is 2. The average molecular weight is 480 g/mol. The van der Waals surface area contributed by atoms with Crippen molar-refractivity contribution < 1.29 is 24.2 Å². The average Bonchev–Trinajstić information content (AvgIpc) is 2.66. The number of anilines is 1. The predicted octanol–water partition coefficient (Wildman–Crippen LogP) is 4.18. The molecule has 0 atom stereocenters. The molecule has 1 aliphatic rings. The minimum absolute atomic E-state index is 0.0974. The van der Waals surface area contributed by atoms with Gasteiger partial charge >= 0.3 is 6.03 Å². The van der Waals surface area contributed by atoms with Crippen LogP contribution in [0.2, 0.25) is 5.02 Å². The highest BCUT2D eigenvalue weighted by Crippen LogP contribution is 2.36. The van der Waals surface area contributed by atoms with Gasteiger partial charge in [0.2, 0.25) is 0 Å². The molecular weight excluding hydrogens is 464 g/mol. The van der Waals surface area contributed by atoms with Crippen molar-refractivity contribution >= 4 is 57.1 Å². The second kappa shape index (κ2) is 8.26. The van der Waals surface area contributed by atoms with Crippen molar-refractivity contribution in [2.75, 3.05) is 11.5 Å². The molecule has 1 fully saturated rings. The van der Waals surface area contributed by atoms with Crippen LogP contribution in [0.4, 0.5) is 10.5 Å². The number of benzene rings is 2. The second-order valence-electron chi connectivity index (χ2n) is 6.12. The summed E-state index contributed by atoms with van der Waals surface area (Å²) in [5.74, 6) is -1.51. The minimum atomic E-state index is -0.857. The summed E-state index contributed by atoms with van der Waals surface area (Å²) in [7, 11) is 0. The lowest BCUT2D eigenvalue weighted by molar-refractivity contribution is -0.122. The lowest BCUT2D eigenvalue weighted by Crippen LogP contribution is -2.54. The van der Waals surface area contributed by atoms with Gasteiger partial charge in [0.25, 0.3) is 11.8 Å². The number of hydrogen-bond donors (Lipinski definition) is 2. The van der Waals surface area contributed by atoms with Gasteiger partial charge in [-0.2, -0.15) is 0 Å². The van der Waals surface area contributed by atoms with Crippen LogP contribution >= 0.6 is 27.5 Å². The number of hydrogen-bond acceptors (Lipinski definition) is 5. The maximum absolute atomic E-state index is 13.0. The topological polar surface area (TPSA) is 95.9 Å². The lowest BCUT2D eigenvalue weighted by atomic mass is 10.1. The van der Waals surface area contributed by atoms with Crippen LogP contribution in [0.15, 0.2) is 40.4 Å². The number of phenols is 1. The van der Waals surface area contributed by atoms with Crippen molar-refractivity contribution in [2.45, 2.75) is 13.8 Å². The van der Waals surface area contributed by atoms with Crippen molar-refractivity contribution in [2.24, 2.45) is 0 Å². The highest BCUT2D eigenvalue weighted by atomic mass is 79.9. The SMILES string of the molecule is CCOc1cc(/C=C2\C(=O)NC(=O)N(c3cccc(Cl)c3C)C2=O)cc(Br)c1O. The molecule has 0 bridgehead atoms. The van der Waals surface area contributed by atoms with Crippen LogP contribution in [0.5, 0.6) is 11.5 Å². The van der Waals surface area contributed by atoms with Crippen LogP contribution in [-0.4, -0.2) is 29.6 Å². The molecule has 1 aliphatic heterocycles. The summed E-state index contributed by atoms with van der Waals surface area (Å²) in [6.45, 7) is 3.74. The Morgan fingerprint density at radius 1 is 1.28 bits per heavy atom. The number of nitrogens with zero attached hydrogens (tertiary/aromatic N) is 1. The van der Waals surface area contributed by atoms with E-state index < -0.39 is 17.8 Å². The summed E-state index contributed by atoms with van der Waals surface area (Å²) < 4.78 is 5.69. The van der Waals surface area contributed by atoms with E-state index in [0.29, 0.717) is 27.2 Å². The van der Waals surface area contributed by atoms with Gasteiger partial charge in [0.15, 0.2) is 11.5 Å². The summed E-state index contributed by atoms with van der Waals surface area (Å²) in [5.41, 5.74) is 0.982. The Morgan fingerprint density at radius 3 is 2.69 bits per heavy atom. The molecule has 9 heteroatoms. The maximum Gasteiger partial charge on any atom is 0.335 e. The largest absolute Gasteiger partial charge is 0.503 e. The molecule has 0 saturated carbocycles. The van der Waals surface area contributed by atoms with E-state index in [-0.39, 0.29) is 22.8 Å². The Bertz CT molecular complexity index is 1070. The van der Waals surface area contributed by atoms with Crippen LogP contribution in [0.3, 0.4) is 0 Å². The summed E-state index contributed by atoms with van der Waals surface area (Å²) in [5, 5.41) is 12.6. The number of carbonyl (C=O) groups excluding carboxylic acids is 3. The molecule has 1 heterocycles. The number of ether oxygens (including phenoxy) is 1. The van der Waals surface area contributed by atoms with Gasteiger partial charge < -0.3 is 9.84 Å². The van der Waals surface area contributed by atoms with Crippen molar-refractivity contribution in [3.8, 4) is 11.5 Å². The molecule has 0 unspecified atom stereocenters. The number of aromatic hydroxyl groups is 1. The third-order valence-corrected chi connectivity index (χ3v) is 5.26. The molecule has 7 nitrogen and oxygen atoms in total. The number of amides is 4. The summed E-state index contributed by atoms with van der Waals surface area (Å²) >= 11 is 9.32. The fourth-order valence-corrected chi connectivity index (χ4v) is 3.45. The van der Waals surface area contributed by atoms with E-state index >= 15 is 0 Å². The molecule has 3 rings (SSSR count). The predicted molar refractivity (Wildman–Crippen MR) is 112 cm³/mol. The molecule has 150 valence electrons. The van der Waals surface area contributed by atoms with Crippen molar-refractivity contribution in [3.05, 3.63) is 56.5 Å². The number of rotatable bonds is 4. The normalized spacial score (nSPS) is 15.7. The van der Waals surface area contributed by atoms with Crippen LogP contribution < -0.4 is 15.0 Å². The first kappa shape index (κ1) is 20.9. The Kier molecular flexibility index (Phi) is 5.95. The number of carbonyl (C=O) groups is 3. The zero-order chi connectivity index (χ0) is 21.3. The van der Waals surface area contributed by atoms with Gasteiger partial charge in [-0.05, 0) is 71.2 Å². The van der Waals surface area contributed by atoms with Gasteiger partial charge in [-0.3, -0.25) is 14.9 Å². The van der Waals surface area contributed by atoms with Gasteiger partial charge in [0.1, 0.15) is 5.57 Å². The molecule has 0 radical (unpaired) electrons. The summed E-state index contributed by atoms with van der Waals surface area (Å²) in [6, 6.07) is 6.97. The first-order valence-corrected chi connectivity index (χ1v) is 9.73. The van der Waals surface area contributed by atoms with Crippen LogP contribution in [0.25, 0.3) is 6.08 Å². The van der Waals surface area contributed by atoms with E-state index in [1.54, 1.807) is 32.0 Å². The Hall–Kier alpha value is -2.84. The van der Waals surface area contributed by atoms with Crippen molar-refractivity contribution in [1.29, 1.82) is 0 Å². The van der Waals surface area contributed by atoms with Crippen molar-refractivity contribution in [3.63, 3.8) is 0 Å². The first-order valence-electron chi connectivity index (χ1n) is 8.56. The summed E-state index contributed by atoms with van der Waals surface area (Å²) in [4.78, 5) is 38.6. The Morgan fingerprint density at radius 2 is 2.00 bits per heavy atom. The van der Waals surface area contributed by atoms with Crippen LogP contribution in [0.1, 0.15) is 18.1 Å². The Balaban J connectivity index is 2.08. The van der Waals surface area contributed by atoms with E-state index in [2.05, 4.69) is 21.2 Å². The minimum Gasteiger partial charge on any atom is -0.503 e. The monoisotopic (exact) mass is 478 g/mol. The first-order chi connectivity index (χ1) is 13.7. The zero-order valence-corrected chi connectivity index (χ0v) is 17.8. The van der Waals surface area contributed by atoms with Gasteiger partial charge in [-0.15, -0.1) is 0 Å². The highest BCUT2D eigenvalue weighted by molar-refractivity contribution is 9.10. The number of barbiturate groups is 1. The fourth-order valence-electron chi connectivity index (χ4n) is 2.82. The summed E-state index contributed by atoms with van der Waals surface area (Å²) in [6.07, 6.45) is 1.32. The van der Waals surface area contributed by atoms with E-state index in [1.165, 1.54) is 18.2 Å². The van der Waals surface area contributed by atoms with Gasteiger partial charge in [-0.1, -0.05) is 17.7 Å². The molecule has 0 aromatic heterocycles. The second-order valence-corrected chi connectivity index (χ2v) is 7.39. The standard InChI is InChI=1S/C20H16BrClN2O5/c1-3-29-16-9-11(8-13(21)17(16)25)7-12-18(26)23-20(28)24(19(12)27)15-6-4-5-14(22)10(15)2/h4-9,25H,3H2,1-2H3,(H,23,26,28)/b12-7+. The third kappa shape index (κ3) is 3.99. The molecule has 29 heavy (non-hydrogen) atoms.